The normalized spacial score (nSPS) is 9.69. The summed E-state index contributed by atoms with van der Waals surface area (Å²) in [5.74, 6) is -1.79. The van der Waals surface area contributed by atoms with Crippen molar-refractivity contribution in [3.05, 3.63) is 33.8 Å². The van der Waals surface area contributed by atoms with Crippen LogP contribution in [0, 0.1) is 0 Å². The number of Topliss-reactive ketones (excluding diaryl/α,β-unsaturated/α-hetero) is 1. The Bertz CT molecular complexity index is 376. The fourth-order valence-electron chi connectivity index (χ4n) is 0.780. The third-order valence-electron chi connectivity index (χ3n) is 1.41. The predicted molar refractivity (Wildman–Crippen MR) is 50.0 cm³/mol. The Labute approximate surface area is 84.4 Å². The van der Waals surface area contributed by atoms with Gasteiger partial charge in [-0.3, -0.25) is 9.59 Å². The van der Waals surface area contributed by atoms with Crippen molar-refractivity contribution in [3.8, 4) is 0 Å². The molecular formula is C8H5Cl2NO2. The molecule has 1 rings (SSSR count). The molecule has 3 nitrogen and oxygen atoms in total. The number of halogens is 2. The first-order chi connectivity index (χ1) is 6.02. The summed E-state index contributed by atoms with van der Waals surface area (Å²) >= 11 is 11.2. The number of hydrogen-bond acceptors (Lipinski definition) is 2. The lowest BCUT2D eigenvalue weighted by Gasteiger charge is -1.98. The van der Waals surface area contributed by atoms with Crippen molar-refractivity contribution >= 4 is 34.9 Å². The molecule has 13 heavy (non-hydrogen) atoms. The molecule has 68 valence electrons. The maximum Gasteiger partial charge on any atom is 0.289 e. The van der Waals surface area contributed by atoms with E-state index in [1.54, 1.807) is 0 Å². The van der Waals surface area contributed by atoms with Gasteiger partial charge >= 0.3 is 0 Å². The number of ketones is 1. The van der Waals surface area contributed by atoms with Gasteiger partial charge in [0.05, 0.1) is 10.0 Å². The van der Waals surface area contributed by atoms with E-state index in [4.69, 9.17) is 28.9 Å². The van der Waals surface area contributed by atoms with E-state index in [-0.39, 0.29) is 10.6 Å². The second kappa shape index (κ2) is 3.77. The largest absolute Gasteiger partial charge is 0.363 e. The molecule has 2 N–H and O–H groups in total. The number of primary amides is 1. The highest BCUT2D eigenvalue weighted by atomic mass is 35.5. The van der Waals surface area contributed by atoms with Crippen molar-refractivity contribution < 1.29 is 9.59 Å². The summed E-state index contributed by atoms with van der Waals surface area (Å²) in [4.78, 5) is 21.5. The van der Waals surface area contributed by atoms with E-state index in [0.29, 0.717) is 5.02 Å². The molecule has 1 amide bonds. The summed E-state index contributed by atoms with van der Waals surface area (Å²) in [6.45, 7) is 0. The van der Waals surface area contributed by atoms with Gasteiger partial charge < -0.3 is 5.73 Å². The van der Waals surface area contributed by atoms with E-state index in [2.05, 4.69) is 0 Å². The van der Waals surface area contributed by atoms with Gasteiger partial charge in [0.1, 0.15) is 0 Å². The highest BCUT2D eigenvalue weighted by Crippen LogP contribution is 2.22. The molecule has 0 spiro atoms. The van der Waals surface area contributed by atoms with Crippen LogP contribution in [0.2, 0.25) is 10.0 Å². The van der Waals surface area contributed by atoms with Crippen LogP contribution in [0.3, 0.4) is 0 Å². The van der Waals surface area contributed by atoms with E-state index >= 15 is 0 Å². The van der Waals surface area contributed by atoms with E-state index < -0.39 is 11.7 Å². The quantitative estimate of drug-likeness (QED) is 0.606. The highest BCUT2D eigenvalue weighted by molar-refractivity contribution is 6.45. The van der Waals surface area contributed by atoms with Crippen LogP contribution in [0.15, 0.2) is 18.2 Å². The number of rotatable bonds is 2. The topological polar surface area (TPSA) is 60.2 Å². The third-order valence-corrected chi connectivity index (χ3v) is 2.14. The van der Waals surface area contributed by atoms with Crippen molar-refractivity contribution in [1.82, 2.24) is 0 Å². The zero-order valence-corrected chi connectivity index (χ0v) is 7.89. The van der Waals surface area contributed by atoms with Gasteiger partial charge in [-0.05, 0) is 18.2 Å². The van der Waals surface area contributed by atoms with Gasteiger partial charge in [-0.2, -0.15) is 0 Å². The minimum Gasteiger partial charge on any atom is -0.363 e. The first-order valence-electron chi connectivity index (χ1n) is 3.31. The number of carbonyl (C=O) groups is 2. The van der Waals surface area contributed by atoms with Crippen LogP contribution in [0.4, 0.5) is 0 Å². The molecule has 0 aromatic heterocycles. The van der Waals surface area contributed by atoms with Gasteiger partial charge in [-0.15, -0.1) is 0 Å². The fourth-order valence-corrected chi connectivity index (χ4v) is 1.08. The molecule has 1 aromatic carbocycles. The molecule has 0 atom stereocenters. The molecule has 0 heterocycles. The second-order valence-corrected chi connectivity index (χ2v) is 3.14. The van der Waals surface area contributed by atoms with Gasteiger partial charge in [0, 0.05) is 5.56 Å². The van der Waals surface area contributed by atoms with Crippen LogP contribution in [0.5, 0.6) is 0 Å². The maximum absolute atomic E-state index is 11.0. The smallest absolute Gasteiger partial charge is 0.289 e. The van der Waals surface area contributed by atoms with Crippen molar-refractivity contribution in [2.45, 2.75) is 0 Å². The van der Waals surface area contributed by atoms with Crippen LogP contribution < -0.4 is 5.73 Å². The molecule has 0 bridgehead atoms. The summed E-state index contributed by atoms with van der Waals surface area (Å²) in [6.07, 6.45) is 0. The Morgan fingerprint density at radius 2 is 1.77 bits per heavy atom. The number of hydrogen-bond donors (Lipinski definition) is 1. The first kappa shape index (κ1) is 10.0. The third kappa shape index (κ3) is 2.20. The SMILES string of the molecule is NC(=O)C(=O)c1ccc(Cl)c(Cl)c1. The highest BCUT2D eigenvalue weighted by Gasteiger charge is 2.12. The zero-order chi connectivity index (χ0) is 10.0. The fraction of sp³-hybridized carbons (Fsp3) is 0. The van der Waals surface area contributed by atoms with Crippen LogP contribution in [0.1, 0.15) is 10.4 Å². The van der Waals surface area contributed by atoms with Gasteiger partial charge in [-0.25, -0.2) is 0 Å². The standard InChI is InChI=1S/C8H5Cl2NO2/c9-5-2-1-4(3-6(5)10)7(12)8(11)13/h1-3H,(H2,11,13). The maximum atomic E-state index is 11.0. The zero-order valence-electron chi connectivity index (χ0n) is 6.38. The molecule has 0 saturated carbocycles. The molecule has 0 fully saturated rings. The lowest BCUT2D eigenvalue weighted by molar-refractivity contribution is -0.114. The Balaban J connectivity index is 3.11. The summed E-state index contributed by atoms with van der Waals surface area (Å²) in [7, 11) is 0. The molecule has 0 aliphatic heterocycles. The summed E-state index contributed by atoms with van der Waals surface area (Å²) in [5, 5.41) is 0.538. The van der Waals surface area contributed by atoms with Gasteiger partial charge in [0.2, 0.25) is 5.78 Å². The summed E-state index contributed by atoms with van der Waals surface area (Å²) < 4.78 is 0. The average Bonchev–Trinajstić information content (AvgIpc) is 2.08. The summed E-state index contributed by atoms with van der Waals surface area (Å²) in [6, 6.07) is 4.12. The lowest BCUT2D eigenvalue weighted by atomic mass is 10.1. The van der Waals surface area contributed by atoms with E-state index in [9.17, 15) is 9.59 Å². The monoisotopic (exact) mass is 217 g/mol. The lowest BCUT2D eigenvalue weighted by Crippen LogP contribution is -2.22. The predicted octanol–water partition coefficient (Wildman–Crippen LogP) is 1.66. The Morgan fingerprint density at radius 1 is 1.15 bits per heavy atom. The molecule has 5 heteroatoms. The number of nitrogens with two attached hydrogens (primary N) is 1. The minimum absolute atomic E-state index is 0.141. The van der Waals surface area contributed by atoms with Crippen molar-refractivity contribution in [2.75, 3.05) is 0 Å². The Hall–Kier alpha value is -1.06. The van der Waals surface area contributed by atoms with Gasteiger partial charge in [0.25, 0.3) is 5.91 Å². The molecule has 0 aliphatic carbocycles. The molecule has 0 saturated heterocycles. The van der Waals surface area contributed by atoms with E-state index in [0.717, 1.165) is 0 Å². The number of benzene rings is 1. The molecule has 1 aromatic rings. The van der Waals surface area contributed by atoms with Gasteiger partial charge in [0.15, 0.2) is 0 Å². The van der Waals surface area contributed by atoms with Crippen LogP contribution in [-0.2, 0) is 4.79 Å². The minimum atomic E-state index is -1.02. The average molecular weight is 218 g/mol. The van der Waals surface area contributed by atoms with Gasteiger partial charge in [-0.1, -0.05) is 23.2 Å². The summed E-state index contributed by atoms with van der Waals surface area (Å²) in [5.41, 5.74) is 4.93. The number of carbonyl (C=O) groups excluding carboxylic acids is 2. The number of amides is 1. The molecule has 0 radical (unpaired) electrons. The Morgan fingerprint density at radius 3 is 2.23 bits per heavy atom. The van der Waals surface area contributed by atoms with Crippen LogP contribution in [0.25, 0.3) is 0 Å². The van der Waals surface area contributed by atoms with Crippen molar-refractivity contribution in [1.29, 1.82) is 0 Å². The Kier molecular flexibility index (Phi) is 2.90. The van der Waals surface area contributed by atoms with Crippen molar-refractivity contribution in [3.63, 3.8) is 0 Å². The van der Waals surface area contributed by atoms with Crippen LogP contribution in [-0.4, -0.2) is 11.7 Å². The second-order valence-electron chi connectivity index (χ2n) is 2.32. The molecule has 0 unspecified atom stereocenters. The van der Waals surface area contributed by atoms with E-state index in [1.165, 1.54) is 18.2 Å². The van der Waals surface area contributed by atoms with Crippen molar-refractivity contribution in [2.24, 2.45) is 5.73 Å². The van der Waals surface area contributed by atoms with Crippen LogP contribution >= 0.6 is 23.2 Å². The molecule has 0 aliphatic rings. The molecular weight excluding hydrogens is 213 g/mol. The van der Waals surface area contributed by atoms with E-state index in [1.807, 2.05) is 0 Å². The first-order valence-corrected chi connectivity index (χ1v) is 4.07.